The molecule has 2 heterocycles. The molecule has 49 heavy (non-hydrogen) atoms. The molecule has 3 N–H and O–H groups in total. The van der Waals surface area contributed by atoms with E-state index in [9.17, 15) is 19.5 Å². The Bertz CT molecular complexity index is 1460. The number of ether oxygens (including phenoxy) is 4. The summed E-state index contributed by atoms with van der Waals surface area (Å²) >= 11 is 6.37. The summed E-state index contributed by atoms with van der Waals surface area (Å²) in [5.41, 5.74) is 1.20. The molecule has 0 saturated carbocycles. The highest BCUT2D eigenvalue weighted by Crippen LogP contribution is 2.45. The predicted molar refractivity (Wildman–Crippen MR) is 187 cm³/mol. The minimum Gasteiger partial charge on any atom is -0.495 e. The van der Waals surface area contributed by atoms with Gasteiger partial charge in [-0.3, -0.25) is 14.9 Å². The maximum Gasteiger partial charge on any atom is 0.347 e. The molecule has 0 aliphatic carbocycles. The van der Waals surface area contributed by atoms with Crippen molar-refractivity contribution in [3.8, 4) is 5.75 Å². The number of amides is 1. The number of nitrogens with one attached hydrogen (secondary N) is 2. The van der Waals surface area contributed by atoms with Crippen LogP contribution in [-0.4, -0.2) is 67.2 Å². The zero-order valence-corrected chi connectivity index (χ0v) is 30.2. The van der Waals surface area contributed by atoms with Crippen molar-refractivity contribution in [1.82, 2.24) is 10.6 Å². The van der Waals surface area contributed by atoms with E-state index >= 15 is 0 Å². The Morgan fingerprint density at radius 2 is 1.73 bits per heavy atom. The highest BCUT2D eigenvalue weighted by Gasteiger charge is 2.48. The number of rotatable bonds is 8. The number of aliphatic hydroxyl groups is 1. The first-order chi connectivity index (χ1) is 23.2. The van der Waals surface area contributed by atoms with Gasteiger partial charge in [0.15, 0.2) is 6.10 Å². The van der Waals surface area contributed by atoms with Crippen molar-refractivity contribution >= 4 is 29.4 Å². The van der Waals surface area contributed by atoms with E-state index in [1.165, 1.54) is 13.2 Å². The summed E-state index contributed by atoms with van der Waals surface area (Å²) in [6.45, 7) is 11.5. The molecule has 1 unspecified atom stereocenters. The topological polar surface area (TPSA) is 136 Å². The average molecular weight is 699 g/mol. The Labute approximate surface area is 294 Å². The van der Waals surface area contributed by atoms with Gasteiger partial charge in [-0.25, -0.2) is 4.79 Å². The standard InChI is InChI=1S/C38H51ClN2O8/c1-22(2)18-31-37(45)47-29(23(3)33-34(49-33)25-12-9-8-10-13-25)14-11-15-32(42)41-28(20-24-16-17-30(46-7)27(39)19-24)35(43)40-21-26(36(44)48-31)38(4,5)6/h8-13,15-17,19,22-23,26,28-29,31,33-35,40,43H,14,18,20-21H2,1-7H3,(H,41,42)/b15-11+/t23-,26+,28+,29-,31-,33+,34+,35?/m0/s1. The van der Waals surface area contributed by atoms with Gasteiger partial charge in [0.1, 0.15) is 24.2 Å². The fourth-order valence-corrected chi connectivity index (χ4v) is 6.36. The van der Waals surface area contributed by atoms with E-state index in [0.29, 0.717) is 10.8 Å². The molecular formula is C38H51ClN2O8. The molecule has 2 aliphatic heterocycles. The average Bonchev–Trinajstić information content (AvgIpc) is 3.84. The first-order valence-corrected chi connectivity index (χ1v) is 17.4. The molecule has 0 aromatic heterocycles. The van der Waals surface area contributed by atoms with Crippen molar-refractivity contribution in [1.29, 1.82) is 0 Å². The van der Waals surface area contributed by atoms with E-state index in [1.54, 1.807) is 18.2 Å². The van der Waals surface area contributed by atoms with E-state index < -0.39 is 53.7 Å². The number of carbonyl (C=O) groups is 3. The van der Waals surface area contributed by atoms with Gasteiger partial charge in [-0.05, 0) is 53.5 Å². The Morgan fingerprint density at radius 3 is 2.37 bits per heavy atom. The van der Waals surface area contributed by atoms with Crippen molar-refractivity contribution in [2.75, 3.05) is 13.7 Å². The third-order valence-corrected chi connectivity index (χ3v) is 9.41. The quantitative estimate of drug-likeness (QED) is 0.240. The van der Waals surface area contributed by atoms with Crippen molar-refractivity contribution < 1.29 is 38.4 Å². The SMILES string of the molecule is COc1ccc(C[C@H]2NC(=O)/C=C/C[C@@H]([C@H](C)[C@H]3O[C@@H]3c3ccccc3)OC(=O)[C@H](CC(C)C)OC(=O)[C@H](C(C)(C)C)CNC2O)cc1Cl. The van der Waals surface area contributed by atoms with Crippen molar-refractivity contribution in [2.24, 2.45) is 23.2 Å². The van der Waals surface area contributed by atoms with Crippen LogP contribution >= 0.6 is 11.6 Å². The van der Waals surface area contributed by atoms with E-state index in [-0.39, 0.29) is 49.9 Å². The van der Waals surface area contributed by atoms with E-state index in [0.717, 1.165) is 11.1 Å². The van der Waals surface area contributed by atoms with Crippen LogP contribution in [0.5, 0.6) is 5.75 Å². The number of epoxide rings is 1. The van der Waals surface area contributed by atoms with Gasteiger partial charge in [0.05, 0.1) is 30.2 Å². The summed E-state index contributed by atoms with van der Waals surface area (Å²) in [6.07, 6.45) is 0.373. The van der Waals surface area contributed by atoms with E-state index in [2.05, 4.69) is 10.6 Å². The van der Waals surface area contributed by atoms with E-state index in [4.69, 9.17) is 30.5 Å². The summed E-state index contributed by atoms with van der Waals surface area (Å²) in [6, 6.07) is 14.3. The maximum atomic E-state index is 13.8. The van der Waals surface area contributed by atoms with Crippen LogP contribution in [0.2, 0.25) is 5.02 Å². The Kier molecular flexibility index (Phi) is 13.3. The molecule has 268 valence electrons. The number of esters is 2. The van der Waals surface area contributed by atoms with Gasteiger partial charge in [-0.1, -0.05) is 95.6 Å². The third kappa shape index (κ3) is 10.8. The number of carbonyl (C=O) groups excluding carboxylic acids is 3. The molecule has 8 atom stereocenters. The smallest absolute Gasteiger partial charge is 0.347 e. The first kappa shape index (κ1) is 38.4. The van der Waals surface area contributed by atoms with Gasteiger partial charge in [0.25, 0.3) is 0 Å². The molecule has 4 rings (SSSR count). The van der Waals surface area contributed by atoms with Crippen LogP contribution in [0.4, 0.5) is 0 Å². The third-order valence-electron chi connectivity index (χ3n) is 9.11. The summed E-state index contributed by atoms with van der Waals surface area (Å²) in [7, 11) is 1.52. The minimum atomic E-state index is -1.24. The highest BCUT2D eigenvalue weighted by molar-refractivity contribution is 6.32. The Balaban J connectivity index is 1.64. The first-order valence-electron chi connectivity index (χ1n) is 17.0. The lowest BCUT2D eigenvalue weighted by molar-refractivity contribution is -0.178. The summed E-state index contributed by atoms with van der Waals surface area (Å²) in [4.78, 5) is 40.8. The van der Waals surface area contributed by atoms with Gasteiger partial charge >= 0.3 is 11.9 Å². The van der Waals surface area contributed by atoms with Crippen molar-refractivity contribution in [3.63, 3.8) is 0 Å². The maximum absolute atomic E-state index is 13.8. The summed E-state index contributed by atoms with van der Waals surface area (Å²) in [5, 5.41) is 17.7. The molecular weight excluding hydrogens is 648 g/mol. The van der Waals surface area contributed by atoms with Crippen molar-refractivity contribution in [2.45, 2.75) is 97.5 Å². The second-order valence-electron chi connectivity index (χ2n) is 14.5. The number of hydrogen-bond acceptors (Lipinski definition) is 9. The predicted octanol–water partition coefficient (Wildman–Crippen LogP) is 5.55. The van der Waals surface area contributed by atoms with Gasteiger partial charge in [0, 0.05) is 18.9 Å². The van der Waals surface area contributed by atoms with E-state index in [1.807, 2.05) is 77.9 Å². The lowest BCUT2D eigenvalue weighted by Gasteiger charge is -2.33. The van der Waals surface area contributed by atoms with Crippen LogP contribution in [0, 0.1) is 23.2 Å². The molecule has 0 bridgehead atoms. The highest BCUT2D eigenvalue weighted by atomic mass is 35.5. The van der Waals surface area contributed by atoms with Gasteiger partial charge < -0.3 is 29.4 Å². The second kappa shape index (κ2) is 17.0. The molecule has 0 radical (unpaired) electrons. The van der Waals surface area contributed by atoms with Gasteiger partial charge in [0.2, 0.25) is 5.91 Å². The molecule has 2 aromatic carbocycles. The number of cyclic esters (lactones) is 2. The molecule has 1 saturated heterocycles. The monoisotopic (exact) mass is 698 g/mol. The number of hydrogen-bond donors (Lipinski definition) is 3. The van der Waals surface area contributed by atoms with Crippen LogP contribution in [0.1, 0.15) is 71.6 Å². The molecule has 2 aromatic rings. The molecule has 0 spiro atoms. The fourth-order valence-electron chi connectivity index (χ4n) is 6.08. The van der Waals surface area contributed by atoms with Gasteiger partial charge in [-0.2, -0.15) is 0 Å². The summed E-state index contributed by atoms with van der Waals surface area (Å²) in [5.74, 6) is -2.10. The summed E-state index contributed by atoms with van der Waals surface area (Å²) < 4.78 is 23.4. The fraction of sp³-hybridized carbons (Fsp3) is 0.553. The largest absolute Gasteiger partial charge is 0.495 e. The number of benzene rings is 2. The number of halogens is 1. The normalized spacial score (nSPS) is 28.6. The van der Waals surface area contributed by atoms with Crippen LogP contribution in [0.25, 0.3) is 0 Å². The second-order valence-corrected chi connectivity index (χ2v) is 14.9. The number of aliphatic hydroxyl groups excluding tert-OH is 1. The minimum absolute atomic E-state index is 0.0259. The lowest BCUT2D eigenvalue weighted by Crippen LogP contribution is -2.53. The zero-order valence-electron chi connectivity index (χ0n) is 29.5. The Hall–Kier alpha value is -3.44. The molecule has 1 amide bonds. The van der Waals surface area contributed by atoms with Gasteiger partial charge in [-0.15, -0.1) is 0 Å². The molecule has 10 nitrogen and oxygen atoms in total. The molecule has 11 heteroatoms. The van der Waals surface area contributed by atoms with Crippen LogP contribution in [-0.2, 0) is 35.0 Å². The zero-order chi connectivity index (χ0) is 35.9. The Morgan fingerprint density at radius 1 is 1.02 bits per heavy atom. The van der Waals surface area contributed by atoms with Crippen molar-refractivity contribution in [3.05, 3.63) is 76.8 Å². The van der Waals surface area contributed by atoms with Crippen LogP contribution in [0.15, 0.2) is 60.7 Å². The van der Waals surface area contributed by atoms with Crippen LogP contribution in [0.3, 0.4) is 0 Å². The number of methoxy groups -OCH3 is 1. The van der Waals surface area contributed by atoms with Crippen LogP contribution < -0.4 is 15.4 Å². The lowest BCUT2D eigenvalue weighted by atomic mass is 9.80. The molecule has 2 aliphatic rings. The molecule has 1 fully saturated rings.